The molecule has 0 amide bonds. The summed E-state index contributed by atoms with van der Waals surface area (Å²) < 4.78 is 10.9. The maximum absolute atomic E-state index is 12.1. The average Bonchev–Trinajstić information content (AvgIpc) is 2.26. The van der Waals surface area contributed by atoms with Gasteiger partial charge < -0.3 is 9.47 Å². The predicted octanol–water partition coefficient (Wildman–Crippen LogP) is 5.05. The van der Waals surface area contributed by atoms with E-state index in [9.17, 15) is 4.79 Å². The number of hydrogen-bond donors (Lipinski definition) is 0. The summed E-state index contributed by atoms with van der Waals surface area (Å²) in [7, 11) is 0. The van der Waals surface area contributed by atoms with Gasteiger partial charge in [0.25, 0.3) is 0 Å². The molecule has 0 aliphatic carbocycles. The van der Waals surface area contributed by atoms with Gasteiger partial charge in [-0.05, 0) is 19.1 Å². The summed E-state index contributed by atoms with van der Waals surface area (Å²) in [6.45, 7) is 14.3. The largest absolute Gasteiger partial charge is 0.514 e. The SMILES string of the molecule is CC(C)(C)C(C)(OC(=O)Oc1ccccc1)C(C)(C)C. The third kappa shape index (κ3) is 3.53. The third-order valence-corrected chi connectivity index (χ3v) is 4.09. The van der Waals surface area contributed by atoms with Crippen LogP contribution in [-0.2, 0) is 4.74 Å². The molecule has 20 heavy (non-hydrogen) atoms. The molecule has 0 radical (unpaired) electrons. The van der Waals surface area contributed by atoms with Crippen LogP contribution >= 0.6 is 0 Å². The summed E-state index contributed by atoms with van der Waals surface area (Å²) in [6.07, 6.45) is -0.663. The van der Waals surface area contributed by atoms with E-state index in [1.165, 1.54) is 0 Å². The molecule has 0 saturated heterocycles. The average molecular weight is 278 g/mol. The Morgan fingerprint density at radius 2 is 1.30 bits per heavy atom. The van der Waals surface area contributed by atoms with Crippen LogP contribution < -0.4 is 4.74 Å². The van der Waals surface area contributed by atoms with Gasteiger partial charge in [-0.1, -0.05) is 59.7 Å². The smallest absolute Gasteiger partial charge is 0.427 e. The van der Waals surface area contributed by atoms with Crippen molar-refractivity contribution in [1.82, 2.24) is 0 Å². The minimum Gasteiger partial charge on any atom is -0.427 e. The number of rotatable bonds is 2. The van der Waals surface area contributed by atoms with Gasteiger partial charge in [0.2, 0.25) is 0 Å². The number of benzene rings is 1. The van der Waals surface area contributed by atoms with Crippen molar-refractivity contribution in [1.29, 1.82) is 0 Å². The highest BCUT2D eigenvalue weighted by Crippen LogP contribution is 2.46. The quantitative estimate of drug-likeness (QED) is 0.560. The second-order valence-electron chi connectivity index (χ2n) is 7.30. The molecule has 0 aliphatic rings. The van der Waals surface area contributed by atoms with Crippen LogP contribution in [0.25, 0.3) is 0 Å². The first kappa shape index (κ1) is 16.5. The predicted molar refractivity (Wildman–Crippen MR) is 80.9 cm³/mol. The molecule has 1 aromatic rings. The van der Waals surface area contributed by atoms with Gasteiger partial charge in [0.15, 0.2) is 0 Å². The maximum atomic E-state index is 12.1. The van der Waals surface area contributed by atoms with Crippen molar-refractivity contribution in [2.24, 2.45) is 10.8 Å². The summed E-state index contributed by atoms with van der Waals surface area (Å²) in [6, 6.07) is 8.96. The van der Waals surface area contributed by atoms with E-state index in [1.54, 1.807) is 12.1 Å². The Morgan fingerprint density at radius 3 is 1.70 bits per heavy atom. The fourth-order valence-corrected chi connectivity index (χ4v) is 2.20. The minimum absolute atomic E-state index is 0.207. The van der Waals surface area contributed by atoms with Crippen LogP contribution in [-0.4, -0.2) is 11.8 Å². The molecule has 3 nitrogen and oxygen atoms in total. The van der Waals surface area contributed by atoms with E-state index in [4.69, 9.17) is 9.47 Å². The lowest BCUT2D eigenvalue weighted by Gasteiger charge is -2.49. The highest BCUT2D eigenvalue weighted by Gasteiger charge is 2.50. The highest BCUT2D eigenvalue weighted by atomic mass is 16.7. The van der Waals surface area contributed by atoms with Gasteiger partial charge in [-0.25, -0.2) is 4.79 Å². The van der Waals surface area contributed by atoms with E-state index >= 15 is 0 Å². The number of carbonyl (C=O) groups excluding carboxylic acids is 1. The third-order valence-electron chi connectivity index (χ3n) is 4.09. The summed E-state index contributed by atoms with van der Waals surface area (Å²) in [5.74, 6) is 0.489. The monoisotopic (exact) mass is 278 g/mol. The van der Waals surface area contributed by atoms with Gasteiger partial charge in [-0.3, -0.25) is 0 Å². The molecule has 0 bridgehead atoms. The van der Waals surface area contributed by atoms with E-state index in [0.717, 1.165) is 0 Å². The van der Waals surface area contributed by atoms with Crippen LogP contribution in [0.1, 0.15) is 48.5 Å². The van der Waals surface area contributed by atoms with Crippen LogP contribution in [0.4, 0.5) is 4.79 Å². The molecule has 0 atom stereocenters. The van der Waals surface area contributed by atoms with Crippen molar-refractivity contribution in [3.8, 4) is 5.75 Å². The van der Waals surface area contributed by atoms with Gasteiger partial charge in [-0.2, -0.15) is 0 Å². The van der Waals surface area contributed by atoms with Crippen LogP contribution in [0.15, 0.2) is 30.3 Å². The first-order chi connectivity index (χ1) is 8.97. The molecule has 0 saturated carbocycles. The lowest BCUT2D eigenvalue weighted by atomic mass is 9.63. The number of hydrogen-bond acceptors (Lipinski definition) is 3. The van der Waals surface area contributed by atoms with E-state index in [-0.39, 0.29) is 10.8 Å². The minimum atomic E-state index is -0.663. The molecule has 0 unspecified atom stereocenters. The lowest BCUT2D eigenvalue weighted by molar-refractivity contribution is -0.136. The van der Waals surface area contributed by atoms with Crippen molar-refractivity contribution in [2.45, 2.75) is 54.1 Å². The molecule has 0 aromatic heterocycles. The molecule has 1 aromatic carbocycles. The van der Waals surface area contributed by atoms with Crippen molar-refractivity contribution < 1.29 is 14.3 Å². The Bertz CT molecular complexity index is 435. The molecule has 0 fully saturated rings. The zero-order chi connectivity index (χ0) is 15.6. The lowest BCUT2D eigenvalue weighted by Crippen LogP contribution is -2.54. The van der Waals surface area contributed by atoms with Crippen molar-refractivity contribution in [3.63, 3.8) is 0 Å². The van der Waals surface area contributed by atoms with Crippen LogP contribution in [0.3, 0.4) is 0 Å². The molecule has 0 heterocycles. The zero-order valence-electron chi connectivity index (χ0n) is 13.6. The molecule has 0 N–H and O–H groups in total. The molecule has 0 aliphatic heterocycles. The molecule has 112 valence electrons. The van der Waals surface area contributed by atoms with Crippen molar-refractivity contribution in [3.05, 3.63) is 30.3 Å². The van der Waals surface area contributed by atoms with E-state index in [1.807, 2.05) is 25.1 Å². The molecular weight excluding hydrogens is 252 g/mol. The summed E-state index contributed by atoms with van der Waals surface area (Å²) in [5, 5.41) is 0. The Labute approximate surface area is 122 Å². The zero-order valence-corrected chi connectivity index (χ0v) is 13.6. The van der Waals surface area contributed by atoms with Crippen LogP contribution in [0, 0.1) is 10.8 Å². The van der Waals surface area contributed by atoms with Crippen molar-refractivity contribution in [2.75, 3.05) is 0 Å². The second-order valence-corrected chi connectivity index (χ2v) is 7.30. The molecule has 3 heteroatoms. The van der Waals surface area contributed by atoms with Gasteiger partial charge in [0.05, 0.1) is 0 Å². The first-order valence-electron chi connectivity index (χ1n) is 6.93. The number of ether oxygens (including phenoxy) is 2. The second kappa shape index (κ2) is 5.47. The number of carbonyl (C=O) groups is 1. The standard InChI is InChI=1S/C17H26O3/c1-15(2,3)17(7,16(4,5)6)20-14(18)19-13-11-9-8-10-12-13/h8-12H,1-7H3. The topological polar surface area (TPSA) is 35.5 Å². The van der Waals surface area contributed by atoms with Crippen molar-refractivity contribution >= 4 is 6.16 Å². The van der Waals surface area contributed by atoms with Gasteiger partial charge in [0, 0.05) is 10.8 Å². The summed E-state index contributed by atoms with van der Waals surface area (Å²) in [4.78, 5) is 12.1. The van der Waals surface area contributed by atoms with E-state index < -0.39 is 11.8 Å². The Morgan fingerprint density at radius 1 is 0.850 bits per heavy atom. The van der Waals surface area contributed by atoms with Crippen LogP contribution in [0.2, 0.25) is 0 Å². The Kier molecular flexibility index (Phi) is 4.52. The van der Waals surface area contributed by atoms with Gasteiger partial charge >= 0.3 is 6.16 Å². The van der Waals surface area contributed by atoms with Crippen LogP contribution in [0.5, 0.6) is 5.75 Å². The van der Waals surface area contributed by atoms with E-state index in [2.05, 4.69) is 41.5 Å². The van der Waals surface area contributed by atoms with Gasteiger partial charge in [-0.15, -0.1) is 0 Å². The Balaban J connectivity index is 2.90. The normalized spacial score (nSPS) is 12.9. The maximum Gasteiger partial charge on any atom is 0.514 e. The summed E-state index contributed by atoms with van der Waals surface area (Å²) in [5.41, 5.74) is -1.06. The Hall–Kier alpha value is -1.51. The first-order valence-corrected chi connectivity index (χ1v) is 6.93. The summed E-state index contributed by atoms with van der Waals surface area (Å²) >= 11 is 0. The van der Waals surface area contributed by atoms with E-state index in [0.29, 0.717) is 5.75 Å². The molecule has 1 rings (SSSR count). The fraction of sp³-hybridized carbons (Fsp3) is 0.588. The number of para-hydroxylation sites is 1. The molecule has 0 spiro atoms. The molecular formula is C17H26O3. The fourth-order valence-electron chi connectivity index (χ4n) is 2.20. The highest BCUT2D eigenvalue weighted by molar-refractivity contribution is 5.64. The van der Waals surface area contributed by atoms with Gasteiger partial charge in [0.1, 0.15) is 11.4 Å².